The highest BCUT2D eigenvalue weighted by Gasteiger charge is 2.34. The maximum Gasteiger partial charge on any atom is 0.433 e. The maximum atomic E-state index is 12.9. The van der Waals surface area contributed by atoms with Crippen LogP contribution in [0.15, 0.2) is 24.3 Å². The minimum absolute atomic E-state index is 0.195. The minimum Gasteiger partial charge on any atom is -0.243 e. The van der Waals surface area contributed by atoms with Crippen molar-refractivity contribution in [3.8, 4) is 0 Å². The van der Waals surface area contributed by atoms with Crippen molar-refractivity contribution in [2.45, 2.75) is 12.6 Å². The Morgan fingerprint density at radius 2 is 1.72 bits per heavy atom. The van der Waals surface area contributed by atoms with Gasteiger partial charge in [-0.2, -0.15) is 13.2 Å². The van der Waals surface area contributed by atoms with Gasteiger partial charge < -0.3 is 0 Å². The standard InChI is InChI=1S/C11H5F6N/c12-5-1-2-6-7(10(13)14)4-9(11(15,16)17)18-8(6)3-5/h1-4,10H. The number of hydrogen-bond donors (Lipinski definition) is 0. The summed E-state index contributed by atoms with van der Waals surface area (Å²) >= 11 is 0. The Kier molecular flexibility index (Phi) is 2.92. The molecule has 2 aromatic rings. The van der Waals surface area contributed by atoms with Gasteiger partial charge in [0.1, 0.15) is 11.5 Å². The van der Waals surface area contributed by atoms with E-state index in [9.17, 15) is 26.3 Å². The number of rotatable bonds is 1. The number of halogens is 6. The lowest BCUT2D eigenvalue weighted by atomic mass is 10.1. The van der Waals surface area contributed by atoms with Gasteiger partial charge in [0.05, 0.1) is 5.52 Å². The Labute approximate surface area is 97.1 Å². The van der Waals surface area contributed by atoms with Crippen molar-refractivity contribution >= 4 is 10.9 Å². The predicted octanol–water partition coefficient (Wildman–Crippen LogP) is 4.33. The Morgan fingerprint density at radius 3 is 2.28 bits per heavy atom. The van der Waals surface area contributed by atoms with Crippen LogP contribution in [-0.2, 0) is 6.18 Å². The number of benzene rings is 1. The van der Waals surface area contributed by atoms with Crippen molar-refractivity contribution in [2.24, 2.45) is 0 Å². The lowest BCUT2D eigenvalue weighted by Crippen LogP contribution is -2.09. The Morgan fingerprint density at radius 1 is 1.06 bits per heavy atom. The average Bonchev–Trinajstić information content (AvgIpc) is 2.25. The molecule has 0 unspecified atom stereocenters. The van der Waals surface area contributed by atoms with Gasteiger partial charge in [0, 0.05) is 17.0 Å². The molecule has 0 bridgehead atoms. The molecule has 1 nitrogen and oxygen atoms in total. The summed E-state index contributed by atoms with van der Waals surface area (Å²) in [6, 6.07) is 2.85. The number of hydrogen-bond acceptors (Lipinski definition) is 1. The lowest BCUT2D eigenvalue weighted by molar-refractivity contribution is -0.141. The summed E-state index contributed by atoms with van der Waals surface area (Å²) < 4.78 is 75.6. The third-order valence-corrected chi connectivity index (χ3v) is 2.33. The smallest absolute Gasteiger partial charge is 0.243 e. The van der Waals surface area contributed by atoms with E-state index in [1.807, 2.05) is 0 Å². The first kappa shape index (κ1) is 12.7. The Balaban J connectivity index is 2.79. The highest BCUT2D eigenvalue weighted by molar-refractivity contribution is 5.82. The average molecular weight is 265 g/mol. The van der Waals surface area contributed by atoms with Crippen LogP contribution >= 0.6 is 0 Å². The van der Waals surface area contributed by atoms with Crippen molar-refractivity contribution in [1.82, 2.24) is 4.98 Å². The summed E-state index contributed by atoms with van der Waals surface area (Å²) in [5, 5.41) is -0.195. The number of aromatic nitrogens is 1. The number of nitrogens with zero attached hydrogens (tertiary/aromatic N) is 1. The molecule has 0 fully saturated rings. The van der Waals surface area contributed by atoms with Gasteiger partial charge in [-0.15, -0.1) is 0 Å². The number of pyridine rings is 1. The van der Waals surface area contributed by atoms with Crippen LogP contribution in [0, 0.1) is 5.82 Å². The molecular weight excluding hydrogens is 260 g/mol. The van der Waals surface area contributed by atoms with Crippen molar-refractivity contribution in [3.05, 3.63) is 41.3 Å². The van der Waals surface area contributed by atoms with E-state index in [2.05, 4.69) is 4.98 Å². The predicted molar refractivity (Wildman–Crippen MR) is 51.7 cm³/mol. The summed E-state index contributed by atoms with van der Waals surface area (Å²) in [5.41, 5.74) is -2.72. The molecule has 0 atom stereocenters. The van der Waals surface area contributed by atoms with Gasteiger partial charge in [-0.05, 0) is 18.2 Å². The second-order valence-electron chi connectivity index (χ2n) is 3.56. The highest BCUT2D eigenvalue weighted by Crippen LogP contribution is 2.34. The molecule has 96 valence electrons. The SMILES string of the molecule is Fc1ccc2c(C(F)F)cc(C(F)(F)F)nc2c1. The fourth-order valence-electron chi connectivity index (χ4n) is 1.55. The second kappa shape index (κ2) is 4.15. The van der Waals surface area contributed by atoms with E-state index in [0.29, 0.717) is 6.07 Å². The molecule has 1 aromatic heterocycles. The first-order chi connectivity index (χ1) is 8.29. The fraction of sp³-hybridized carbons (Fsp3) is 0.182. The van der Waals surface area contributed by atoms with E-state index < -0.39 is 35.2 Å². The molecule has 18 heavy (non-hydrogen) atoms. The molecule has 0 spiro atoms. The maximum absolute atomic E-state index is 12.9. The quantitative estimate of drug-likeness (QED) is 0.699. The van der Waals surface area contributed by atoms with Crippen LogP contribution in [-0.4, -0.2) is 4.98 Å². The van der Waals surface area contributed by atoms with E-state index in [0.717, 1.165) is 12.1 Å². The molecule has 2 rings (SSSR count). The highest BCUT2D eigenvalue weighted by atomic mass is 19.4. The normalized spacial score (nSPS) is 12.4. The minimum atomic E-state index is -4.86. The zero-order valence-corrected chi connectivity index (χ0v) is 8.60. The molecule has 0 N–H and O–H groups in total. The number of fused-ring (bicyclic) bond motifs is 1. The topological polar surface area (TPSA) is 12.9 Å². The fourth-order valence-corrected chi connectivity index (χ4v) is 1.55. The summed E-state index contributed by atoms with van der Waals surface area (Å²) in [4.78, 5) is 3.15. The molecule has 1 heterocycles. The zero-order chi connectivity index (χ0) is 13.5. The van der Waals surface area contributed by atoms with Crippen LogP contribution in [0.25, 0.3) is 10.9 Å². The van der Waals surface area contributed by atoms with Crippen molar-refractivity contribution in [3.63, 3.8) is 0 Å². The largest absolute Gasteiger partial charge is 0.433 e. The first-order valence-electron chi connectivity index (χ1n) is 4.74. The summed E-state index contributed by atoms with van der Waals surface area (Å²) in [6.45, 7) is 0. The molecule has 0 saturated carbocycles. The van der Waals surface area contributed by atoms with E-state index in [4.69, 9.17) is 0 Å². The van der Waals surface area contributed by atoms with Gasteiger partial charge >= 0.3 is 6.18 Å². The van der Waals surface area contributed by atoms with Gasteiger partial charge in [-0.25, -0.2) is 18.2 Å². The van der Waals surface area contributed by atoms with Crippen LogP contribution in [0.2, 0.25) is 0 Å². The summed E-state index contributed by atoms with van der Waals surface area (Å²) in [5.74, 6) is -0.838. The molecule has 0 saturated heterocycles. The van der Waals surface area contributed by atoms with E-state index in [1.165, 1.54) is 0 Å². The zero-order valence-electron chi connectivity index (χ0n) is 8.60. The molecule has 7 heteroatoms. The summed E-state index contributed by atoms with van der Waals surface area (Å²) in [7, 11) is 0. The number of alkyl halides is 5. The van der Waals surface area contributed by atoms with Gasteiger partial charge in [0.25, 0.3) is 6.43 Å². The van der Waals surface area contributed by atoms with E-state index >= 15 is 0 Å². The van der Waals surface area contributed by atoms with E-state index in [-0.39, 0.29) is 11.5 Å². The van der Waals surface area contributed by atoms with Crippen LogP contribution in [0.5, 0.6) is 0 Å². The first-order valence-corrected chi connectivity index (χ1v) is 4.74. The lowest BCUT2D eigenvalue weighted by Gasteiger charge is -2.11. The van der Waals surface area contributed by atoms with Gasteiger partial charge in [0.2, 0.25) is 0 Å². The Hall–Kier alpha value is -1.79. The van der Waals surface area contributed by atoms with E-state index in [1.54, 1.807) is 0 Å². The molecule has 0 amide bonds. The molecule has 0 aliphatic rings. The van der Waals surface area contributed by atoms with Gasteiger partial charge in [-0.1, -0.05) is 0 Å². The molecular formula is C11H5F6N. The molecule has 1 aromatic carbocycles. The third kappa shape index (κ3) is 2.25. The van der Waals surface area contributed by atoms with Gasteiger partial charge in [-0.3, -0.25) is 0 Å². The van der Waals surface area contributed by atoms with Gasteiger partial charge in [0.15, 0.2) is 0 Å². The van der Waals surface area contributed by atoms with Crippen LogP contribution < -0.4 is 0 Å². The summed E-state index contributed by atoms with van der Waals surface area (Å²) in [6.07, 6.45) is -7.95. The monoisotopic (exact) mass is 265 g/mol. The second-order valence-corrected chi connectivity index (χ2v) is 3.56. The molecule has 0 aliphatic carbocycles. The van der Waals surface area contributed by atoms with Crippen LogP contribution in [0.3, 0.4) is 0 Å². The van der Waals surface area contributed by atoms with Crippen LogP contribution in [0.1, 0.15) is 17.7 Å². The Bertz CT molecular complexity index is 590. The van der Waals surface area contributed by atoms with Crippen LogP contribution in [0.4, 0.5) is 26.3 Å². The third-order valence-electron chi connectivity index (χ3n) is 2.33. The van der Waals surface area contributed by atoms with Crippen molar-refractivity contribution < 1.29 is 26.3 Å². The van der Waals surface area contributed by atoms with Crippen molar-refractivity contribution in [2.75, 3.05) is 0 Å². The van der Waals surface area contributed by atoms with Crippen molar-refractivity contribution in [1.29, 1.82) is 0 Å². The molecule has 0 aliphatic heterocycles. The molecule has 0 radical (unpaired) electrons.